The van der Waals surface area contributed by atoms with E-state index in [0.29, 0.717) is 5.56 Å². The molecule has 13 heavy (non-hydrogen) atoms. The normalized spacial score (nSPS) is 14.2. The van der Waals surface area contributed by atoms with Crippen LogP contribution in [0.15, 0.2) is 24.3 Å². The highest BCUT2D eigenvalue weighted by molar-refractivity contribution is 6.68. The van der Waals surface area contributed by atoms with Gasteiger partial charge in [0.25, 0.3) is 0 Å². The van der Waals surface area contributed by atoms with Crippen molar-refractivity contribution in [2.75, 3.05) is 0 Å². The van der Waals surface area contributed by atoms with E-state index in [1.165, 1.54) is 24.3 Å². The van der Waals surface area contributed by atoms with Gasteiger partial charge in [-0.2, -0.15) is 0 Å². The zero-order chi connectivity index (χ0) is 10.1. The van der Waals surface area contributed by atoms with Gasteiger partial charge in [-0.25, -0.2) is 4.39 Å². The van der Waals surface area contributed by atoms with Crippen LogP contribution >= 0.6 is 34.8 Å². The van der Waals surface area contributed by atoms with Gasteiger partial charge in [-0.15, -0.1) is 0 Å². The van der Waals surface area contributed by atoms with Gasteiger partial charge in [-0.1, -0.05) is 46.9 Å². The molecule has 0 radical (unpaired) electrons. The fraction of sp³-hybridized carbons (Fsp3) is 0.250. The maximum atomic E-state index is 12.5. The van der Waals surface area contributed by atoms with Gasteiger partial charge < -0.3 is 5.11 Å². The fourth-order valence-corrected chi connectivity index (χ4v) is 1.21. The van der Waals surface area contributed by atoms with Crippen LogP contribution in [0.3, 0.4) is 0 Å². The highest BCUT2D eigenvalue weighted by Crippen LogP contribution is 2.39. The van der Waals surface area contributed by atoms with Crippen molar-refractivity contribution in [2.45, 2.75) is 9.90 Å². The summed E-state index contributed by atoms with van der Waals surface area (Å²) in [4.78, 5) is 0. The number of hydrogen-bond acceptors (Lipinski definition) is 1. The molecule has 5 heteroatoms. The number of aliphatic hydroxyl groups excluding tert-OH is 1. The summed E-state index contributed by atoms with van der Waals surface area (Å²) in [5, 5.41) is 9.43. The molecule has 0 saturated heterocycles. The lowest BCUT2D eigenvalue weighted by Crippen LogP contribution is -2.16. The minimum atomic E-state index is -1.79. The Kier molecular flexibility index (Phi) is 3.41. The maximum Gasteiger partial charge on any atom is 0.220 e. The van der Waals surface area contributed by atoms with E-state index in [0.717, 1.165) is 0 Å². The average molecular weight is 243 g/mol. The third kappa shape index (κ3) is 2.99. The van der Waals surface area contributed by atoms with Crippen LogP contribution in [-0.2, 0) is 0 Å². The van der Waals surface area contributed by atoms with E-state index in [1.807, 2.05) is 0 Å². The van der Waals surface area contributed by atoms with Crippen molar-refractivity contribution in [3.8, 4) is 0 Å². The minimum Gasteiger partial charge on any atom is -0.384 e. The zero-order valence-corrected chi connectivity index (χ0v) is 8.61. The molecule has 0 spiro atoms. The van der Waals surface area contributed by atoms with Crippen molar-refractivity contribution in [3.05, 3.63) is 35.6 Å². The minimum absolute atomic E-state index is 0.362. The molecule has 1 aromatic carbocycles. The van der Waals surface area contributed by atoms with Crippen LogP contribution in [0.5, 0.6) is 0 Å². The first-order valence-corrected chi connectivity index (χ1v) is 4.55. The summed E-state index contributed by atoms with van der Waals surface area (Å²) < 4.78 is 10.7. The van der Waals surface area contributed by atoms with Crippen molar-refractivity contribution < 1.29 is 9.50 Å². The Bertz CT molecular complexity index is 280. The van der Waals surface area contributed by atoms with E-state index in [-0.39, 0.29) is 0 Å². The van der Waals surface area contributed by atoms with E-state index < -0.39 is 15.7 Å². The monoisotopic (exact) mass is 242 g/mol. The first kappa shape index (κ1) is 11.1. The molecule has 1 rings (SSSR count). The van der Waals surface area contributed by atoms with Gasteiger partial charge in [-0.05, 0) is 17.7 Å². The third-order valence-corrected chi connectivity index (χ3v) is 2.12. The summed E-state index contributed by atoms with van der Waals surface area (Å²) in [6.07, 6.45) is -1.25. The molecule has 0 amide bonds. The van der Waals surface area contributed by atoms with Gasteiger partial charge in [0.2, 0.25) is 3.79 Å². The first-order chi connectivity index (χ1) is 5.91. The van der Waals surface area contributed by atoms with Crippen LogP contribution in [0, 0.1) is 5.82 Å². The molecule has 0 aliphatic carbocycles. The quantitative estimate of drug-likeness (QED) is 0.751. The fourth-order valence-electron chi connectivity index (χ4n) is 0.834. The smallest absolute Gasteiger partial charge is 0.220 e. The largest absolute Gasteiger partial charge is 0.384 e. The molecule has 0 unspecified atom stereocenters. The zero-order valence-electron chi connectivity index (χ0n) is 6.35. The Morgan fingerprint density at radius 2 is 1.62 bits per heavy atom. The summed E-state index contributed by atoms with van der Waals surface area (Å²) in [7, 11) is 0. The molecule has 1 N–H and O–H groups in total. The van der Waals surface area contributed by atoms with E-state index >= 15 is 0 Å². The molecule has 0 aliphatic rings. The van der Waals surface area contributed by atoms with Gasteiger partial charge >= 0.3 is 0 Å². The van der Waals surface area contributed by atoms with Crippen molar-refractivity contribution in [2.24, 2.45) is 0 Å². The van der Waals surface area contributed by atoms with Crippen molar-refractivity contribution >= 4 is 34.8 Å². The molecule has 0 aromatic heterocycles. The molecule has 0 heterocycles. The van der Waals surface area contributed by atoms with E-state index in [1.54, 1.807) is 0 Å². The molecule has 0 aliphatic heterocycles. The predicted molar refractivity (Wildman–Crippen MR) is 51.6 cm³/mol. The van der Waals surface area contributed by atoms with Crippen molar-refractivity contribution in [3.63, 3.8) is 0 Å². The highest BCUT2D eigenvalue weighted by atomic mass is 35.6. The Labute approximate surface area is 90.0 Å². The summed E-state index contributed by atoms with van der Waals surface area (Å²) in [5.74, 6) is -0.403. The molecule has 1 aromatic rings. The number of rotatable bonds is 1. The van der Waals surface area contributed by atoms with Crippen LogP contribution < -0.4 is 0 Å². The molecular weight excluding hydrogens is 237 g/mol. The summed E-state index contributed by atoms with van der Waals surface area (Å²) >= 11 is 16.3. The lowest BCUT2D eigenvalue weighted by Gasteiger charge is -2.18. The van der Waals surface area contributed by atoms with E-state index in [2.05, 4.69) is 0 Å². The lowest BCUT2D eigenvalue weighted by atomic mass is 10.1. The number of benzene rings is 1. The number of hydrogen-bond donors (Lipinski definition) is 1. The van der Waals surface area contributed by atoms with Gasteiger partial charge in [0, 0.05) is 0 Å². The molecule has 0 fully saturated rings. The average Bonchev–Trinajstić information content (AvgIpc) is 2.03. The van der Waals surface area contributed by atoms with Gasteiger partial charge in [0.1, 0.15) is 11.9 Å². The number of alkyl halides is 3. The van der Waals surface area contributed by atoms with Crippen LogP contribution in [0.2, 0.25) is 0 Å². The second-order valence-corrected chi connectivity index (χ2v) is 4.86. The summed E-state index contributed by atoms with van der Waals surface area (Å²) in [6.45, 7) is 0. The van der Waals surface area contributed by atoms with Gasteiger partial charge in [-0.3, -0.25) is 0 Å². The third-order valence-electron chi connectivity index (χ3n) is 1.50. The van der Waals surface area contributed by atoms with Crippen molar-refractivity contribution in [1.29, 1.82) is 0 Å². The van der Waals surface area contributed by atoms with Crippen LogP contribution in [-0.4, -0.2) is 8.90 Å². The lowest BCUT2D eigenvalue weighted by molar-refractivity contribution is 0.182. The molecular formula is C8H6Cl3FO. The van der Waals surface area contributed by atoms with Gasteiger partial charge in [0.05, 0.1) is 0 Å². The Hall–Kier alpha value is -0.0200. The van der Waals surface area contributed by atoms with Crippen LogP contribution in [0.25, 0.3) is 0 Å². The van der Waals surface area contributed by atoms with E-state index in [9.17, 15) is 9.50 Å². The predicted octanol–water partition coefficient (Wildman–Crippen LogP) is 3.23. The molecule has 0 bridgehead atoms. The van der Waals surface area contributed by atoms with Crippen molar-refractivity contribution in [1.82, 2.24) is 0 Å². The highest BCUT2D eigenvalue weighted by Gasteiger charge is 2.31. The van der Waals surface area contributed by atoms with E-state index in [4.69, 9.17) is 34.8 Å². The number of aliphatic hydroxyl groups is 1. The maximum absolute atomic E-state index is 12.5. The number of halogens is 4. The summed E-state index contributed by atoms with van der Waals surface area (Å²) in [5.41, 5.74) is 0.362. The first-order valence-electron chi connectivity index (χ1n) is 3.41. The second kappa shape index (κ2) is 4.01. The van der Waals surface area contributed by atoms with Crippen LogP contribution in [0.1, 0.15) is 11.7 Å². The molecule has 1 nitrogen and oxygen atoms in total. The van der Waals surface area contributed by atoms with Gasteiger partial charge in [0.15, 0.2) is 0 Å². The Morgan fingerprint density at radius 3 is 2.00 bits per heavy atom. The Balaban J connectivity index is 2.90. The summed E-state index contributed by atoms with van der Waals surface area (Å²) in [6, 6.07) is 5.10. The topological polar surface area (TPSA) is 20.2 Å². The molecule has 0 saturated carbocycles. The standard InChI is InChI=1S/C8H6Cl3FO/c9-8(10,11)7(13)5-1-3-6(12)4-2-5/h1-4,7,13H/t7-/m1/s1. The SMILES string of the molecule is O[C@H](c1ccc(F)cc1)C(Cl)(Cl)Cl. The molecule has 1 atom stereocenters. The van der Waals surface area contributed by atoms with Crippen LogP contribution in [0.4, 0.5) is 4.39 Å². The second-order valence-electron chi connectivity index (χ2n) is 2.50. The molecule has 72 valence electrons. The Morgan fingerprint density at radius 1 is 1.15 bits per heavy atom.